The van der Waals surface area contributed by atoms with Crippen molar-refractivity contribution in [3.8, 4) is 5.69 Å². The quantitative estimate of drug-likeness (QED) is 0.560. The van der Waals surface area contributed by atoms with Gasteiger partial charge in [0.15, 0.2) is 11.5 Å². The Kier molecular flexibility index (Phi) is 4.26. The van der Waals surface area contributed by atoms with Gasteiger partial charge in [0.2, 0.25) is 0 Å². The Bertz CT molecular complexity index is 994. The van der Waals surface area contributed by atoms with E-state index >= 15 is 0 Å². The maximum absolute atomic E-state index is 13.0. The van der Waals surface area contributed by atoms with E-state index in [0.717, 1.165) is 12.1 Å². The van der Waals surface area contributed by atoms with Crippen molar-refractivity contribution in [1.29, 1.82) is 0 Å². The van der Waals surface area contributed by atoms with Gasteiger partial charge in [0.05, 0.1) is 11.3 Å². The number of rotatable bonds is 4. The van der Waals surface area contributed by atoms with Gasteiger partial charge in [0.1, 0.15) is 12.4 Å². The lowest BCUT2D eigenvalue weighted by molar-refractivity contribution is 0.126. The number of halogens is 1. The molecule has 26 heavy (non-hydrogen) atoms. The Labute approximate surface area is 155 Å². The Morgan fingerprint density at radius 2 is 2.27 bits per heavy atom. The second kappa shape index (κ2) is 6.59. The van der Waals surface area contributed by atoms with Crippen LogP contribution in [-0.2, 0) is 4.84 Å². The number of nitrogens with zero attached hydrogens (tertiary/aromatic N) is 4. The fourth-order valence-corrected chi connectivity index (χ4v) is 3.14. The number of aromatic nitrogens is 2. The van der Waals surface area contributed by atoms with E-state index in [0.29, 0.717) is 46.8 Å². The van der Waals surface area contributed by atoms with Crippen molar-refractivity contribution < 1.29 is 4.84 Å². The first kappa shape index (κ1) is 16.8. The summed E-state index contributed by atoms with van der Waals surface area (Å²) >= 11 is 6.17. The van der Waals surface area contributed by atoms with Crippen LogP contribution in [0.3, 0.4) is 0 Å². The van der Waals surface area contributed by atoms with Crippen LogP contribution in [0.1, 0.15) is 17.0 Å². The third kappa shape index (κ3) is 2.79. The molecule has 0 fully saturated rings. The molecular formula is C18H18ClN5O2. The predicted octanol–water partition coefficient (Wildman–Crippen LogP) is 1.97. The Hall–Kier alpha value is -2.64. The maximum Gasteiger partial charge on any atom is 0.267 e. The van der Waals surface area contributed by atoms with E-state index in [1.807, 2.05) is 25.1 Å². The van der Waals surface area contributed by atoms with Crippen LogP contribution in [0.4, 0.5) is 5.82 Å². The van der Waals surface area contributed by atoms with E-state index in [1.54, 1.807) is 28.8 Å². The van der Waals surface area contributed by atoms with Gasteiger partial charge in [-0.15, -0.1) is 0 Å². The summed E-state index contributed by atoms with van der Waals surface area (Å²) in [6, 6.07) is 5.33. The number of benzene rings is 1. The van der Waals surface area contributed by atoms with Crippen LogP contribution in [0, 0.1) is 0 Å². The van der Waals surface area contributed by atoms with Gasteiger partial charge in [0.25, 0.3) is 5.56 Å². The lowest BCUT2D eigenvalue weighted by atomic mass is 10.1. The Balaban J connectivity index is 1.86. The van der Waals surface area contributed by atoms with Gasteiger partial charge < -0.3 is 15.1 Å². The lowest BCUT2D eigenvalue weighted by Crippen LogP contribution is -2.27. The summed E-state index contributed by atoms with van der Waals surface area (Å²) in [5.74, 6) is 1.02. The van der Waals surface area contributed by atoms with Crippen LogP contribution in [0.25, 0.3) is 11.8 Å². The third-order valence-electron chi connectivity index (χ3n) is 4.24. The molecule has 0 spiro atoms. The predicted molar refractivity (Wildman–Crippen MR) is 103 cm³/mol. The fourth-order valence-electron chi connectivity index (χ4n) is 2.97. The molecule has 134 valence electrons. The first-order valence-electron chi connectivity index (χ1n) is 8.29. The summed E-state index contributed by atoms with van der Waals surface area (Å²) < 4.78 is 1.57. The van der Waals surface area contributed by atoms with Gasteiger partial charge >= 0.3 is 0 Å². The first-order chi connectivity index (χ1) is 12.6. The molecule has 1 aromatic carbocycles. The van der Waals surface area contributed by atoms with Gasteiger partial charge in [-0.2, -0.15) is 0 Å². The van der Waals surface area contributed by atoms with E-state index in [9.17, 15) is 4.79 Å². The number of likely N-dealkylation sites (N-methyl/N-ethyl adjacent to an activating group) is 1. The van der Waals surface area contributed by atoms with Gasteiger partial charge in [0, 0.05) is 23.7 Å². The molecule has 0 bridgehead atoms. The number of hydrogen-bond acceptors (Lipinski definition) is 6. The van der Waals surface area contributed by atoms with Crippen molar-refractivity contribution in [2.45, 2.75) is 0 Å². The molecule has 2 aromatic rings. The zero-order valence-electron chi connectivity index (χ0n) is 14.5. The molecule has 0 atom stereocenters. The number of oxime groups is 1. The van der Waals surface area contributed by atoms with Crippen LogP contribution in [-0.4, -0.2) is 54.0 Å². The van der Waals surface area contributed by atoms with E-state index in [4.69, 9.17) is 16.4 Å². The summed E-state index contributed by atoms with van der Waals surface area (Å²) in [5.41, 5.74) is 2.35. The monoisotopic (exact) mass is 371 g/mol. The molecule has 0 amide bonds. The minimum Gasteiger partial charge on any atom is -0.394 e. The molecule has 0 saturated heterocycles. The van der Waals surface area contributed by atoms with Crippen LogP contribution in [0.5, 0.6) is 0 Å². The number of fused-ring (bicyclic) bond motifs is 4. The van der Waals surface area contributed by atoms with Crippen LogP contribution < -0.4 is 10.9 Å². The van der Waals surface area contributed by atoms with Gasteiger partial charge in [-0.3, -0.25) is 9.36 Å². The first-order valence-corrected chi connectivity index (χ1v) is 8.67. The summed E-state index contributed by atoms with van der Waals surface area (Å²) in [6.45, 7) is 1.80. The van der Waals surface area contributed by atoms with Crippen molar-refractivity contribution in [2.75, 3.05) is 39.1 Å². The van der Waals surface area contributed by atoms with Crippen LogP contribution in [0.2, 0.25) is 5.02 Å². The molecule has 0 unspecified atom stereocenters. The summed E-state index contributed by atoms with van der Waals surface area (Å²) in [5, 5.41) is 7.97. The molecule has 2 aliphatic heterocycles. The van der Waals surface area contributed by atoms with E-state index < -0.39 is 0 Å². The average molecular weight is 372 g/mol. The molecule has 0 saturated carbocycles. The van der Waals surface area contributed by atoms with Crippen molar-refractivity contribution in [3.63, 3.8) is 0 Å². The number of nitrogens with one attached hydrogen (secondary N) is 1. The molecule has 7 nitrogen and oxygen atoms in total. The molecule has 4 rings (SSSR count). The molecule has 1 aromatic heterocycles. The van der Waals surface area contributed by atoms with Crippen molar-refractivity contribution in [1.82, 2.24) is 14.5 Å². The molecule has 8 heteroatoms. The minimum absolute atomic E-state index is 0.143. The average Bonchev–Trinajstić information content (AvgIpc) is 2.92. The van der Waals surface area contributed by atoms with Crippen molar-refractivity contribution in [2.24, 2.45) is 5.16 Å². The largest absolute Gasteiger partial charge is 0.394 e. The van der Waals surface area contributed by atoms with E-state index in [-0.39, 0.29) is 5.56 Å². The lowest BCUT2D eigenvalue weighted by Gasteiger charge is -2.14. The van der Waals surface area contributed by atoms with E-state index in [2.05, 4.69) is 15.5 Å². The fraction of sp³-hybridized carbons (Fsp3) is 0.278. The normalized spacial score (nSPS) is 15.6. The SMILES string of the molecule is CN(C)CCON=C1c2cc(Cl)ccc2-n2c1nc1c(c2=O)C=CCN1. The van der Waals surface area contributed by atoms with Crippen LogP contribution in [0.15, 0.2) is 34.2 Å². The number of anilines is 1. The zero-order chi connectivity index (χ0) is 18.3. The minimum atomic E-state index is -0.143. The standard InChI is InChI=1S/C18H18ClN5O2/c1-23(2)8-9-26-22-15-13-10-11(19)5-6-14(13)24-17(15)21-16-12(18(24)25)4-3-7-20-16/h3-6,10,20H,7-9H2,1-2H3. The summed E-state index contributed by atoms with van der Waals surface area (Å²) in [7, 11) is 3.92. The molecule has 0 aliphatic carbocycles. The topological polar surface area (TPSA) is 71.8 Å². The Morgan fingerprint density at radius 3 is 3.08 bits per heavy atom. The highest BCUT2D eigenvalue weighted by atomic mass is 35.5. The second-order valence-electron chi connectivity index (χ2n) is 6.36. The maximum atomic E-state index is 13.0. The molecule has 2 aliphatic rings. The zero-order valence-corrected chi connectivity index (χ0v) is 15.2. The highest BCUT2D eigenvalue weighted by Gasteiger charge is 2.31. The van der Waals surface area contributed by atoms with Crippen LogP contribution >= 0.6 is 11.6 Å². The molecular weight excluding hydrogens is 354 g/mol. The summed E-state index contributed by atoms with van der Waals surface area (Å²) in [6.07, 6.45) is 3.70. The molecule has 3 heterocycles. The number of hydrogen-bond donors (Lipinski definition) is 1. The second-order valence-corrected chi connectivity index (χ2v) is 6.80. The smallest absolute Gasteiger partial charge is 0.267 e. The van der Waals surface area contributed by atoms with Crippen molar-refractivity contribution >= 4 is 29.2 Å². The molecule has 1 N–H and O–H groups in total. The Morgan fingerprint density at radius 1 is 1.42 bits per heavy atom. The van der Waals surface area contributed by atoms with Gasteiger partial charge in [-0.05, 0) is 38.4 Å². The molecule has 0 radical (unpaired) electrons. The highest BCUT2D eigenvalue weighted by molar-refractivity contribution is 6.31. The third-order valence-corrected chi connectivity index (χ3v) is 4.48. The highest BCUT2D eigenvalue weighted by Crippen LogP contribution is 2.30. The van der Waals surface area contributed by atoms with Crippen molar-refractivity contribution in [3.05, 3.63) is 56.6 Å². The van der Waals surface area contributed by atoms with E-state index in [1.165, 1.54) is 0 Å². The summed E-state index contributed by atoms with van der Waals surface area (Å²) in [4.78, 5) is 25.1. The van der Waals surface area contributed by atoms with Gasteiger partial charge in [-0.1, -0.05) is 22.8 Å². The van der Waals surface area contributed by atoms with Gasteiger partial charge in [-0.25, -0.2) is 4.98 Å².